The molecule has 0 fully saturated rings. The Kier molecular flexibility index (Phi) is 6.11. The lowest BCUT2D eigenvalue weighted by Gasteiger charge is -2.16. The van der Waals surface area contributed by atoms with E-state index in [1.54, 1.807) is 30.0 Å². The first-order chi connectivity index (χ1) is 11.2. The van der Waals surface area contributed by atoms with Crippen LogP contribution in [0, 0.1) is 0 Å². The Hall–Kier alpha value is -2.40. The average molecular weight is 314 g/mol. The molecule has 1 N–H and O–H groups in total. The summed E-state index contributed by atoms with van der Waals surface area (Å²) in [6, 6.07) is 12.8. The standard InChI is InChI=1S/C18H22N2O3/c1-3-15(13-23-2)19-17(21)16-10-7-11-20(18(16)22)12-14-8-5-4-6-9-14/h4-11,15H,3,12-13H2,1-2H3,(H,19,21). The zero-order chi connectivity index (χ0) is 16.7. The molecule has 122 valence electrons. The number of benzene rings is 1. The van der Waals surface area contributed by atoms with Crippen LogP contribution in [0.15, 0.2) is 53.5 Å². The third-order valence-electron chi connectivity index (χ3n) is 3.66. The van der Waals surface area contributed by atoms with Crippen molar-refractivity contribution in [1.29, 1.82) is 0 Å². The Bertz CT molecular complexity index is 695. The fraction of sp³-hybridized carbons (Fsp3) is 0.333. The van der Waals surface area contributed by atoms with Gasteiger partial charge in [-0.15, -0.1) is 0 Å². The van der Waals surface area contributed by atoms with Gasteiger partial charge < -0.3 is 14.6 Å². The van der Waals surface area contributed by atoms with Gasteiger partial charge in [-0.3, -0.25) is 9.59 Å². The smallest absolute Gasteiger partial charge is 0.263 e. The maximum atomic E-state index is 12.5. The molecule has 0 saturated heterocycles. The molecular weight excluding hydrogens is 292 g/mol. The molecule has 1 heterocycles. The zero-order valence-electron chi connectivity index (χ0n) is 13.5. The normalized spacial score (nSPS) is 11.9. The predicted molar refractivity (Wildman–Crippen MR) is 89.7 cm³/mol. The van der Waals surface area contributed by atoms with Crippen molar-refractivity contribution in [3.8, 4) is 0 Å². The van der Waals surface area contributed by atoms with Crippen molar-refractivity contribution in [3.63, 3.8) is 0 Å². The van der Waals surface area contributed by atoms with Gasteiger partial charge in [0.15, 0.2) is 0 Å². The summed E-state index contributed by atoms with van der Waals surface area (Å²) in [5.74, 6) is -0.360. The van der Waals surface area contributed by atoms with Crippen LogP contribution in [0.1, 0.15) is 29.3 Å². The molecular formula is C18H22N2O3. The van der Waals surface area contributed by atoms with Gasteiger partial charge in [0.25, 0.3) is 11.5 Å². The van der Waals surface area contributed by atoms with Gasteiger partial charge in [-0.2, -0.15) is 0 Å². The van der Waals surface area contributed by atoms with Gasteiger partial charge >= 0.3 is 0 Å². The number of nitrogens with one attached hydrogen (secondary N) is 1. The van der Waals surface area contributed by atoms with E-state index in [0.29, 0.717) is 13.2 Å². The molecule has 1 aromatic heterocycles. The molecule has 0 bridgehead atoms. The number of pyridine rings is 1. The number of methoxy groups -OCH3 is 1. The Labute approximate surface area is 135 Å². The monoisotopic (exact) mass is 314 g/mol. The molecule has 2 rings (SSSR count). The van der Waals surface area contributed by atoms with Crippen LogP contribution in [0.4, 0.5) is 0 Å². The van der Waals surface area contributed by atoms with Crippen molar-refractivity contribution < 1.29 is 9.53 Å². The molecule has 2 aromatic rings. The van der Waals surface area contributed by atoms with Crippen LogP contribution >= 0.6 is 0 Å². The highest BCUT2D eigenvalue weighted by atomic mass is 16.5. The number of ether oxygens (including phenoxy) is 1. The van der Waals surface area contributed by atoms with Gasteiger partial charge in [0.1, 0.15) is 5.56 Å². The highest BCUT2D eigenvalue weighted by molar-refractivity contribution is 5.94. The molecule has 1 unspecified atom stereocenters. The second-order valence-electron chi connectivity index (χ2n) is 5.37. The van der Waals surface area contributed by atoms with E-state index in [1.807, 2.05) is 37.3 Å². The van der Waals surface area contributed by atoms with Crippen LogP contribution in [0.25, 0.3) is 0 Å². The van der Waals surface area contributed by atoms with Crippen LogP contribution < -0.4 is 10.9 Å². The highest BCUT2D eigenvalue weighted by Gasteiger charge is 2.16. The summed E-state index contributed by atoms with van der Waals surface area (Å²) in [4.78, 5) is 24.8. The number of rotatable bonds is 7. The number of nitrogens with zero attached hydrogens (tertiary/aromatic N) is 1. The summed E-state index contributed by atoms with van der Waals surface area (Å²) >= 11 is 0. The maximum Gasteiger partial charge on any atom is 0.263 e. The van der Waals surface area contributed by atoms with Crippen LogP contribution in [-0.4, -0.2) is 30.2 Å². The minimum absolute atomic E-state index is 0.102. The highest BCUT2D eigenvalue weighted by Crippen LogP contribution is 2.02. The van der Waals surface area contributed by atoms with E-state index in [4.69, 9.17) is 4.74 Å². The van der Waals surface area contributed by atoms with Crippen molar-refractivity contribution in [2.75, 3.05) is 13.7 Å². The first-order valence-electron chi connectivity index (χ1n) is 7.69. The van der Waals surface area contributed by atoms with Gasteiger partial charge in [-0.1, -0.05) is 37.3 Å². The zero-order valence-corrected chi connectivity index (χ0v) is 13.5. The van der Waals surface area contributed by atoms with Gasteiger partial charge in [0, 0.05) is 13.3 Å². The van der Waals surface area contributed by atoms with Crippen LogP contribution in [0.5, 0.6) is 0 Å². The molecule has 0 aliphatic carbocycles. The summed E-state index contributed by atoms with van der Waals surface area (Å²) < 4.78 is 6.61. The van der Waals surface area contributed by atoms with E-state index in [0.717, 1.165) is 12.0 Å². The van der Waals surface area contributed by atoms with Crippen molar-refractivity contribution in [1.82, 2.24) is 9.88 Å². The third-order valence-corrected chi connectivity index (χ3v) is 3.66. The molecule has 0 radical (unpaired) electrons. The van der Waals surface area contributed by atoms with E-state index in [-0.39, 0.29) is 23.1 Å². The van der Waals surface area contributed by atoms with E-state index in [2.05, 4.69) is 5.32 Å². The average Bonchev–Trinajstić information content (AvgIpc) is 2.57. The molecule has 0 aliphatic heterocycles. The van der Waals surface area contributed by atoms with Crippen LogP contribution in [0.2, 0.25) is 0 Å². The largest absolute Gasteiger partial charge is 0.383 e. The summed E-state index contributed by atoms with van der Waals surface area (Å²) in [7, 11) is 1.59. The number of amides is 1. The van der Waals surface area contributed by atoms with E-state index >= 15 is 0 Å². The predicted octanol–water partition coefficient (Wildman–Crippen LogP) is 2.05. The molecule has 1 amide bonds. The first-order valence-corrected chi connectivity index (χ1v) is 7.69. The molecule has 5 nitrogen and oxygen atoms in total. The molecule has 0 saturated carbocycles. The second-order valence-corrected chi connectivity index (χ2v) is 5.37. The van der Waals surface area contributed by atoms with Gasteiger partial charge in [-0.25, -0.2) is 0 Å². The fourth-order valence-corrected chi connectivity index (χ4v) is 2.34. The summed E-state index contributed by atoms with van der Waals surface area (Å²) in [6.45, 7) is 2.83. The Morgan fingerprint density at radius 3 is 2.61 bits per heavy atom. The third kappa shape index (κ3) is 4.53. The number of hydrogen-bond acceptors (Lipinski definition) is 3. The lowest BCUT2D eigenvalue weighted by molar-refractivity contribution is 0.0892. The summed E-state index contributed by atoms with van der Waals surface area (Å²) in [5.41, 5.74) is 0.872. The van der Waals surface area contributed by atoms with Crippen molar-refractivity contribution in [2.24, 2.45) is 0 Å². The Morgan fingerprint density at radius 2 is 1.96 bits per heavy atom. The first kappa shape index (κ1) is 17.0. The SMILES string of the molecule is CCC(COC)NC(=O)c1cccn(Cc2ccccc2)c1=O. The Balaban J connectivity index is 2.19. The summed E-state index contributed by atoms with van der Waals surface area (Å²) in [6.07, 6.45) is 2.43. The number of hydrogen-bond donors (Lipinski definition) is 1. The van der Waals surface area contributed by atoms with Crippen molar-refractivity contribution in [3.05, 3.63) is 70.1 Å². The lowest BCUT2D eigenvalue weighted by atomic mass is 10.2. The van der Waals surface area contributed by atoms with E-state index in [9.17, 15) is 9.59 Å². The second kappa shape index (κ2) is 8.29. The molecule has 1 atom stereocenters. The fourth-order valence-electron chi connectivity index (χ4n) is 2.34. The van der Waals surface area contributed by atoms with Gasteiger partial charge in [0.05, 0.1) is 19.2 Å². The lowest BCUT2D eigenvalue weighted by Crippen LogP contribution is -2.40. The molecule has 0 spiro atoms. The van der Waals surface area contributed by atoms with E-state index < -0.39 is 0 Å². The van der Waals surface area contributed by atoms with Crippen molar-refractivity contribution >= 4 is 5.91 Å². The van der Waals surface area contributed by atoms with Crippen LogP contribution in [0.3, 0.4) is 0 Å². The van der Waals surface area contributed by atoms with Gasteiger partial charge in [0.2, 0.25) is 0 Å². The molecule has 23 heavy (non-hydrogen) atoms. The topological polar surface area (TPSA) is 60.3 Å². The maximum absolute atomic E-state index is 12.5. The summed E-state index contributed by atoms with van der Waals surface area (Å²) in [5, 5.41) is 2.84. The minimum atomic E-state index is -0.360. The molecule has 1 aromatic carbocycles. The Morgan fingerprint density at radius 1 is 1.22 bits per heavy atom. The number of aromatic nitrogens is 1. The molecule has 0 aliphatic rings. The molecule has 5 heteroatoms. The number of carbonyl (C=O) groups is 1. The van der Waals surface area contributed by atoms with Crippen LogP contribution in [-0.2, 0) is 11.3 Å². The van der Waals surface area contributed by atoms with Crippen molar-refractivity contribution in [2.45, 2.75) is 25.9 Å². The quantitative estimate of drug-likeness (QED) is 0.851. The van der Waals surface area contributed by atoms with Gasteiger partial charge in [-0.05, 0) is 24.1 Å². The van der Waals surface area contributed by atoms with E-state index in [1.165, 1.54) is 0 Å². The minimum Gasteiger partial charge on any atom is -0.383 e. The number of carbonyl (C=O) groups excluding carboxylic acids is 1.